The number of nitrogens with zero attached hydrogens (tertiary/aromatic N) is 5. The molecule has 0 bridgehead atoms. The van der Waals surface area contributed by atoms with Crippen LogP contribution in [0.3, 0.4) is 0 Å². The molecule has 0 unspecified atom stereocenters. The summed E-state index contributed by atoms with van der Waals surface area (Å²) in [5, 5.41) is 23.1. The van der Waals surface area contributed by atoms with Crippen LogP contribution in [-0.2, 0) is 6.54 Å². The Hall–Kier alpha value is -3.75. The largest absolute Gasteiger partial charge is 0.404 e. The third-order valence-electron chi connectivity index (χ3n) is 4.13. The fraction of sp³-hybridized carbons (Fsp3) is 0.235. The minimum Gasteiger partial charge on any atom is -0.358 e. The smallest absolute Gasteiger partial charge is 0.358 e. The van der Waals surface area contributed by atoms with Crippen molar-refractivity contribution in [1.29, 1.82) is 0 Å². The van der Waals surface area contributed by atoms with Gasteiger partial charge < -0.3 is 25.3 Å². The number of benzene rings is 1. The maximum absolute atomic E-state index is 13.6. The van der Waals surface area contributed by atoms with Gasteiger partial charge in [0.05, 0.1) is 10.8 Å². The van der Waals surface area contributed by atoms with Crippen molar-refractivity contribution in [2.45, 2.75) is 13.5 Å². The van der Waals surface area contributed by atoms with E-state index in [0.717, 1.165) is 18.2 Å². The van der Waals surface area contributed by atoms with Crippen LogP contribution in [0.15, 0.2) is 27.2 Å². The lowest BCUT2D eigenvalue weighted by Gasteiger charge is -2.07. The zero-order chi connectivity index (χ0) is 23.4. The van der Waals surface area contributed by atoms with Crippen molar-refractivity contribution >= 4 is 33.6 Å². The lowest BCUT2D eigenvalue weighted by atomic mass is 10.2. The molecule has 0 fully saturated rings. The molecule has 2 heterocycles. The van der Waals surface area contributed by atoms with Gasteiger partial charge in [0.25, 0.3) is 5.91 Å². The summed E-state index contributed by atoms with van der Waals surface area (Å²) < 4.78 is 33.5. The summed E-state index contributed by atoms with van der Waals surface area (Å²) in [5.41, 5.74) is -0.268. The summed E-state index contributed by atoms with van der Waals surface area (Å²) in [6, 6.07) is 3.04. The number of rotatable bonds is 8. The fourth-order valence-corrected chi connectivity index (χ4v) is 2.98. The number of nitrogens with one attached hydrogen (secondary N) is 2. The lowest BCUT2D eigenvalue weighted by molar-refractivity contribution is -0.390. The van der Waals surface area contributed by atoms with E-state index in [0.29, 0.717) is 5.69 Å². The van der Waals surface area contributed by atoms with Crippen LogP contribution in [0.1, 0.15) is 32.6 Å². The Labute approximate surface area is 186 Å². The summed E-state index contributed by atoms with van der Waals surface area (Å²) in [7, 11) is 0. The molecule has 0 aliphatic heterocycles. The second-order valence-corrected chi connectivity index (χ2v) is 7.05. The van der Waals surface area contributed by atoms with Crippen molar-refractivity contribution < 1.29 is 27.8 Å². The fourth-order valence-electron chi connectivity index (χ4n) is 2.55. The van der Waals surface area contributed by atoms with E-state index in [1.54, 1.807) is 6.92 Å². The number of hydrogen-bond acceptors (Lipinski definition) is 8. The maximum Gasteiger partial charge on any atom is 0.404 e. The Morgan fingerprint density at radius 1 is 1.22 bits per heavy atom. The Bertz CT molecular complexity index is 1180. The van der Waals surface area contributed by atoms with Crippen LogP contribution in [0.2, 0.25) is 0 Å². The molecule has 0 saturated heterocycles. The van der Waals surface area contributed by atoms with Gasteiger partial charge in [-0.05, 0) is 39.9 Å². The van der Waals surface area contributed by atoms with E-state index in [4.69, 9.17) is 4.52 Å². The van der Waals surface area contributed by atoms with Gasteiger partial charge in [-0.1, -0.05) is 11.2 Å². The van der Waals surface area contributed by atoms with E-state index in [9.17, 15) is 28.5 Å². The number of carbonyl (C=O) groups is 2. The first-order chi connectivity index (χ1) is 15.2. The zero-order valence-electron chi connectivity index (χ0n) is 16.3. The van der Waals surface area contributed by atoms with Crippen LogP contribution in [-0.4, -0.2) is 49.7 Å². The number of nitro groups is 1. The molecule has 3 aromatic rings. The zero-order valence-corrected chi connectivity index (χ0v) is 17.9. The van der Waals surface area contributed by atoms with E-state index in [2.05, 4.69) is 41.8 Å². The molecule has 2 aromatic heterocycles. The summed E-state index contributed by atoms with van der Waals surface area (Å²) in [4.78, 5) is 38.2. The minimum absolute atomic E-state index is 0.0477. The van der Waals surface area contributed by atoms with E-state index in [-0.39, 0.29) is 41.6 Å². The highest BCUT2D eigenvalue weighted by Crippen LogP contribution is 2.27. The summed E-state index contributed by atoms with van der Waals surface area (Å²) in [5.74, 6) is -4.44. The van der Waals surface area contributed by atoms with Crippen LogP contribution in [0.5, 0.6) is 0 Å². The Morgan fingerprint density at radius 3 is 2.44 bits per heavy atom. The number of amides is 2. The lowest BCUT2D eigenvalue weighted by Crippen LogP contribution is -2.35. The Morgan fingerprint density at radius 2 is 1.84 bits per heavy atom. The predicted octanol–water partition coefficient (Wildman–Crippen LogP) is 1.73. The van der Waals surface area contributed by atoms with Crippen LogP contribution in [0, 0.1) is 28.7 Å². The minimum atomic E-state index is -1.00. The first-order valence-corrected chi connectivity index (χ1v) is 9.68. The molecule has 0 aliphatic carbocycles. The SMILES string of the molecule is Cc1c(Br)c([N+](=O)[O-])nn1Cc1noc(C(=O)NCCNC(=O)c2c(F)cccc2F)n1. The van der Waals surface area contributed by atoms with Crippen LogP contribution in [0.25, 0.3) is 0 Å². The molecule has 168 valence electrons. The average Bonchev–Trinajstić information content (AvgIpc) is 3.31. The van der Waals surface area contributed by atoms with Gasteiger partial charge in [0, 0.05) is 13.1 Å². The third kappa shape index (κ3) is 4.93. The summed E-state index contributed by atoms with van der Waals surface area (Å²) in [6.45, 7) is 1.30. The molecule has 0 atom stereocenters. The van der Waals surface area contributed by atoms with Gasteiger partial charge in [0.1, 0.15) is 28.2 Å². The van der Waals surface area contributed by atoms with Gasteiger partial charge in [0.2, 0.25) is 0 Å². The molecule has 12 nitrogen and oxygen atoms in total. The van der Waals surface area contributed by atoms with E-state index >= 15 is 0 Å². The second-order valence-electron chi connectivity index (χ2n) is 6.26. The number of halogens is 3. The van der Waals surface area contributed by atoms with Gasteiger partial charge in [0.15, 0.2) is 5.82 Å². The molecule has 2 N–H and O–H groups in total. The maximum atomic E-state index is 13.6. The van der Waals surface area contributed by atoms with Crippen molar-refractivity contribution in [2.75, 3.05) is 13.1 Å². The summed E-state index contributed by atoms with van der Waals surface area (Å²) in [6.07, 6.45) is 0. The second kappa shape index (κ2) is 9.59. The topological polar surface area (TPSA) is 158 Å². The number of hydrogen-bond donors (Lipinski definition) is 2. The molecule has 32 heavy (non-hydrogen) atoms. The predicted molar refractivity (Wildman–Crippen MR) is 106 cm³/mol. The Kier molecular flexibility index (Phi) is 6.87. The standard InChI is InChI=1S/C17H14BrF2N7O5/c1-8-13(18)14(27(30)31)24-26(8)7-11-23-17(32-25-11)16(29)22-6-5-21-15(28)12-9(19)3-2-4-10(12)20/h2-4H,5-7H2,1H3,(H,21,28)(H,22,29). The van der Waals surface area contributed by atoms with Crippen molar-refractivity contribution in [1.82, 2.24) is 30.6 Å². The van der Waals surface area contributed by atoms with Crippen LogP contribution in [0.4, 0.5) is 14.6 Å². The van der Waals surface area contributed by atoms with Gasteiger partial charge in [-0.3, -0.25) is 9.59 Å². The van der Waals surface area contributed by atoms with Crippen molar-refractivity contribution in [3.05, 3.63) is 67.4 Å². The first kappa shape index (κ1) is 22.9. The van der Waals surface area contributed by atoms with E-state index in [1.165, 1.54) is 4.68 Å². The normalized spacial score (nSPS) is 10.8. The molecule has 15 heteroatoms. The molecular formula is C17H14BrF2N7O5. The average molecular weight is 514 g/mol. The molecule has 0 aliphatic rings. The van der Waals surface area contributed by atoms with Gasteiger partial charge in [-0.15, -0.1) is 0 Å². The number of aromatic nitrogens is 4. The van der Waals surface area contributed by atoms with Gasteiger partial charge >= 0.3 is 17.6 Å². The molecule has 1 aromatic carbocycles. The Balaban J connectivity index is 1.53. The molecule has 0 saturated carbocycles. The third-order valence-corrected chi connectivity index (χ3v) is 5.06. The molecule has 0 spiro atoms. The highest BCUT2D eigenvalue weighted by molar-refractivity contribution is 9.10. The molecular weight excluding hydrogens is 500 g/mol. The molecule has 3 rings (SSSR count). The van der Waals surface area contributed by atoms with Gasteiger partial charge in [-0.2, -0.15) is 9.67 Å². The first-order valence-electron chi connectivity index (χ1n) is 8.89. The quantitative estimate of drug-likeness (QED) is 0.261. The number of carbonyl (C=O) groups excluding carboxylic acids is 2. The van der Waals surface area contributed by atoms with Crippen LogP contribution >= 0.6 is 15.9 Å². The van der Waals surface area contributed by atoms with Crippen molar-refractivity contribution in [3.63, 3.8) is 0 Å². The molecule has 2 amide bonds. The van der Waals surface area contributed by atoms with Crippen LogP contribution < -0.4 is 10.6 Å². The highest BCUT2D eigenvalue weighted by atomic mass is 79.9. The monoisotopic (exact) mass is 513 g/mol. The van der Waals surface area contributed by atoms with E-state index < -0.39 is 33.9 Å². The van der Waals surface area contributed by atoms with Gasteiger partial charge in [-0.25, -0.2) is 8.78 Å². The van der Waals surface area contributed by atoms with E-state index in [1.807, 2.05) is 0 Å². The molecule has 0 radical (unpaired) electrons. The van der Waals surface area contributed by atoms with Crippen molar-refractivity contribution in [2.24, 2.45) is 0 Å². The highest BCUT2D eigenvalue weighted by Gasteiger charge is 2.25. The van der Waals surface area contributed by atoms with Crippen molar-refractivity contribution in [3.8, 4) is 0 Å². The summed E-state index contributed by atoms with van der Waals surface area (Å²) >= 11 is 3.09.